The Bertz CT molecular complexity index is 1810. The quantitative estimate of drug-likeness (QED) is 0.0886. The molecule has 7 aromatic rings. The van der Waals surface area contributed by atoms with Crippen molar-refractivity contribution in [1.29, 1.82) is 0 Å². The molecule has 4 heteroatoms. The minimum absolute atomic E-state index is 0. The molecule has 0 heterocycles. The van der Waals surface area contributed by atoms with Crippen molar-refractivity contribution in [2.24, 2.45) is 0 Å². The minimum Gasteiger partial charge on any atom is -0.0999 e. The molecule has 0 N–H and O–H groups in total. The summed E-state index contributed by atoms with van der Waals surface area (Å²) in [7, 11) is 4.39. The molecule has 0 aliphatic rings. The average Bonchev–Trinajstić information content (AvgIpc) is 3.86. The second-order valence-electron chi connectivity index (χ2n) is 15.1. The van der Waals surface area contributed by atoms with Gasteiger partial charge in [-0.3, -0.25) is 0 Å². The van der Waals surface area contributed by atoms with Crippen LogP contribution in [0.1, 0.15) is 48.5 Å². The summed E-state index contributed by atoms with van der Waals surface area (Å²) in [6, 6.07) is 63.0. The van der Waals surface area contributed by atoms with E-state index < -0.39 is 0 Å². The Balaban J connectivity index is 0.000000336. The minimum atomic E-state index is -0.101. The zero-order valence-corrected chi connectivity index (χ0v) is 37.9. The van der Waals surface area contributed by atoms with Gasteiger partial charge in [0.05, 0.1) is 0 Å². The second-order valence-corrected chi connectivity index (χ2v) is 19.0. The van der Waals surface area contributed by atoms with Crippen LogP contribution < -0.4 is 5.30 Å². The Hall–Kier alpha value is -3.69. The molecule has 0 aliphatic heterocycles. The fourth-order valence-corrected chi connectivity index (χ4v) is 11.4. The number of benzene rings is 5. The topological polar surface area (TPSA) is 0 Å². The fourth-order valence-electron chi connectivity index (χ4n) is 7.39. The molecule has 0 aromatic heterocycles. The first-order valence-electron chi connectivity index (χ1n) is 18.7. The van der Waals surface area contributed by atoms with E-state index in [1.54, 1.807) is 11.4 Å². The van der Waals surface area contributed by atoms with Crippen LogP contribution >= 0.6 is 17.5 Å². The van der Waals surface area contributed by atoms with Crippen LogP contribution in [0.3, 0.4) is 0 Å². The van der Waals surface area contributed by atoms with Gasteiger partial charge >= 0.3 is 44.8 Å². The standard InChI is InChI=1S/C35H25.C13H22P.C4H7.ClH.Fe.Pd/c1-6-16-26(17-7-1)31-32(27-18-8-2-9-19-27)34(29-22-12-4-13-23-29)35(30-24-14-5-15-25-30)33(31)28-20-10-3-11-21-28;1-12(2,3)14(13(4,5)6)11-9-7-8-10-11;1-3-4-2;;;/h1-25H;7-10H,1-6H3;3-4H,1H2,2H3;1H;;/q3*-1;;2*+2/p-1/b;;4-3-;;;. The zero-order valence-electron chi connectivity index (χ0n) is 33.6. The third-order valence-corrected chi connectivity index (χ3v) is 12.5. The molecule has 7 rings (SSSR count). The van der Waals surface area contributed by atoms with Crippen molar-refractivity contribution >= 4 is 22.8 Å². The van der Waals surface area contributed by atoms with E-state index in [2.05, 4.69) is 252 Å². The molecule has 0 nitrogen and oxygen atoms in total. The first kappa shape index (κ1) is 46.7. The van der Waals surface area contributed by atoms with Crippen LogP contribution in [0.4, 0.5) is 0 Å². The molecule has 0 atom stereocenters. The summed E-state index contributed by atoms with van der Waals surface area (Å²) in [5.74, 6) is 0. The molecule has 0 amide bonds. The number of allylic oxidation sites excluding steroid dienone is 2. The van der Waals surface area contributed by atoms with Crippen molar-refractivity contribution in [3.8, 4) is 55.6 Å². The van der Waals surface area contributed by atoms with E-state index in [1.165, 1.54) is 55.6 Å². The molecule has 7 aromatic carbocycles. The maximum atomic E-state index is 4.49. The Kier molecular flexibility index (Phi) is 19.1. The van der Waals surface area contributed by atoms with Crippen molar-refractivity contribution < 1.29 is 35.2 Å². The van der Waals surface area contributed by atoms with Gasteiger partial charge in [-0.05, 0) is 21.4 Å². The van der Waals surface area contributed by atoms with Crippen LogP contribution in [0.25, 0.3) is 55.6 Å². The summed E-state index contributed by atoms with van der Waals surface area (Å²) in [5, 5.41) is 2.32. The first-order chi connectivity index (χ1) is 26.6. The molecule has 0 radical (unpaired) electrons. The van der Waals surface area contributed by atoms with Crippen LogP contribution in [0, 0.1) is 6.92 Å². The van der Waals surface area contributed by atoms with Gasteiger partial charge in [-0.1, -0.05) is 238 Å². The summed E-state index contributed by atoms with van der Waals surface area (Å²) >= 11 is 2.22. The van der Waals surface area contributed by atoms with Gasteiger partial charge in [-0.15, -0.1) is 14.8 Å². The predicted molar refractivity (Wildman–Crippen MR) is 243 cm³/mol. The Morgan fingerprint density at radius 3 is 1.16 bits per heavy atom. The predicted octanol–water partition coefficient (Wildman–Crippen LogP) is 15.9. The van der Waals surface area contributed by atoms with E-state index in [4.69, 9.17) is 0 Å². The number of rotatable bonds is 6. The van der Waals surface area contributed by atoms with Crippen LogP contribution in [0.5, 0.6) is 0 Å². The first-order valence-corrected chi connectivity index (χ1v) is 22.1. The van der Waals surface area contributed by atoms with E-state index in [-0.39, 0.29) is 25.0 Å². The monoisotopic (exact) mass is 906 g/mol. The SMILES string of the molecule is CC(C)(C)P(c1cc[cH-]c1)C(C)(C)C.[CH2-]/C=C\C.[Cl][Pd+].[Fe+2].c1ccc(-c2c(-c3ccccc3)c(-c3ccccc3)[c-](-c3ccccc3)c2-c2ccccc2)cc1. The van der Waals surface area contributed by atoms with Crippen LogP contribution in [0.15, 0.2) is 188 Å². The van der Waals surface area contributed by atoms with Gasteiger partial charge in [-0.25, -0.2) is 25.1 Å². The molecule has 56 heavy (non-hydrogen) atoms. The largest absolute Gasteiger partial charge is 2.00 e. The summed E-state index contributed by atoms with van der Waals surface area (Å²) in [6.45, 7) is 19.5. The molecule has 0 spiro atoms. The Morgan fingerprint density at radius 1 is 0.554 bits per heavy atom. The molecule has 0 saturated heterocycles. The van der Waals surface area contributed by atoms with E-state index in [0.29, 0.717) is 10.3 Å². The van der Waals surface area contributed by atoms with Crippen LogP contribution in [-0.2, 0) is 35.2 Å². The van der Waals surface area contributed by atoms with Gasteiger partial charge in [-0.2, -0.15) is 23.5 Å². The summed E-state index contributed by atoms with van der Waals surface area (Å²) in [5.41, 5.74) is 12.5. The van der Waals surface area contributed by atoms with Gasteiger partial charge < -0.3 is 0 Å². The van der Waals surface area contributed by atoms with Gasteiger partial charge in [0.1, 0.15) is 0 Å². The van der Waals surface area contributed by atoms with Gasteiger partial charge in [0.2, 0.25) is 0 Å². The van der Waals surface area contributed by atoms with Crippen molar-refractivity contribution in [2.75, 3.05) is 0 Å². The second kappa shape index (κ2) is 22.9. The van der Waals surface area contributed by atoms with Gasteiger partial charge in [0.15, 0.2) is 0 Å². The molecule has 0 saturated carbocycles. The third-order valence-electron chi connectivity index (χ3n) is 9.04. The van der Waals surface area contributed by atoms with E-state index >= 15 is 0 Å². The number of hydrogen-bond donors (Lipinski definition) is 0. The summed E-state index contributed by atoms with van der Waals surface area (Å²) in [4.78, 5) is 0. The molecule has 0 aliphatic carbocycles. The molecule has 292 valence electrons. The van der Waals surface area contributed by atoms with Crippen molar-refractivity contribution in [2.45, 2.75) is 58.8 Å². The fraction of sp³-hybridized carbons (Fsp3) is 0.173. The van der Waals surface area contributed by atoms with E-state index in [9.17, 15) is 0 Å². The normalized spacial score (nSPS) is 11.0. The maximum Gasteiger partial charge on any atom is 2.00 e. The van der Waals surface area contributed by atoms with Crippen molar-refractivity contribution in [3.63, 3.8) is 0 Å². The number of hydrogen-bond acceptors (Lipinski definition) is 0. The van der Waals surface area contributed by atoms with E-state index in [0.717, 1.165) is 0 Å². The van der Waals surface area contributed by atoms with Crippen molar-refractivity contribution in [1.82, 2.24) is 0 Å². The molecule has 0 fully saturated rings. The zero-order chi connectivity index (χ0) is 39.8. The molecular weight excluding hydrogens is 853 g/mol. The smallest absolute Gasteiger partial charge is 0.0999 e. The Morgan fingerprint density at radius 2 is 0.875 bits per heavy atom. The number of halogens is 1. The molecule has 0 bridgehead atoms. The maximum absolute atomic E-state index is 4.49. The molecule has 0 unspecified atom stereocenters. The van der Waals surface area contributed by atoms with Gasteiger partial charge in [0.25, 0.3) is 0 Å². The van der Waals surface area contributed by atoms with Crippen molar-refractivity contribution in [3.05, 3.63) is 195 Å². The third kappa shape index (κ3) is 12.2. The van der Waals surface area contributed by atoms with Gasteiger partial charge in [0, 0.05) is 0 Å². The summed E-state index contributed by atoms with van der Waals surface area (Å²) in [6.07, 6.45) is 3.64. The van der Waals surface area contributed by atoms with Crippen LogP contribution in [0.2, 0.25) is 0 Å². The van der Waals surface area contributed by atoms with Crippen LogP contribution in [-0.4, -0.2) is 10.3 Å². The van der Waals surface area contributed by atoms with E-state index in [1.807, 2.05) is 13.0 Å². The summed E-state index contributed by atoms with van der Waals surface area (Å²) < 4.78 is 0. The Labute approximate surface area is 364 Å². The molecular formula is C52H54ClFePPd. The average molecular weight is 908 g/mol.